The number of hydrogen-bond acceptors (Lipinski definition) is 14. The van der Waals surface area contributed by atoms with Crippen LogP contribution in [0.1, 0.15) is 102 Å². The van der Waals surface area contributed by atoms with Gasteiger partial charge in [-0.15, -0.1) is 0 Å². The minimum Gasteiger partial charge on any atom is -0.484 e. The monoisotopic (exact) mass is 1530 g/mol. The Balaban J connectivity index is 0.000000128. The Morgan fingerprint density at radius 1 is 0.477 bits per heavy atom. The fraction of sp³-hybridized carbons (Fsp3) is 0.306. The molecule has 7 aromatic carbocycles. The van der Waals surface area contributed by atoms with Crippen LogP contribution in [-0.4, -0.2) is 160 Å². The zero-order chi connectivity index (χ0) is 75.6. The summed E-state index contributed by atoms with van der Waals surface area (Å²) in [4.78, 5) is 68.9. The Bertz CT molecular complexity index is 4890. The number of carbonyl (C=O) groups excluding carboxylic acids is 4. The molecule has 4 aromatic heterocycles. The van der Waals surface area contributed by atoms with Crippen LogP contribution in [-0.2, 0) is 87.0 Å². The molecule has 5 N–H and O–H groups in total. The van der Waals surface area contributed by atoms with Crippen molar-refractivity contribution in [3.63, 3.8) is 0 Å². The maximum Gasteiger partial charge on any atom is 0.341 e. The van der Waals surface area contributed by atoms with Gasteiger partial charge >= 0.3 is 5.97 Å². The molecule has 0 saturated heterocycles. The molecule has 1 atom stereocenters. The van der Waals surface area contributed by atoms with E-state index in [0.29, 0.717) is 82.7 Å². The number of carboxylic acid groups (broad SMARTS) is 1. The summed E-state index contributed by atoms with van der Waals surface area (Å²) in [7, 11) is 0. The van der Waals surface area contributed by atoms with E-state index in [1.807, 2.05) is 148 Å². The van der Waals surface area contributed by atoms with Gasteiger partial charge in [0.2, 0.25) is 5.91 Å². The molecule has 16 rings (SSSR count). The van der Waals surface area contributed by atoms with Crippen molar-refractivity contribution < 1.29 is 52.8 Å². The van der Waals surface area contributed by atoms with E-state index in [1.54, 1.807) is 29.2 Å². The number of aromatic nitrogens is 8. The number of amides is 4. The molecule has 109 heavy (non-hydrogen) atoms. The van der Waals surface area contributed by atoms with E-state index in [2.05, 4.69) is 108 Å². The van der Waals surface area contributed by atoms with Gasteiger partial charge in [0.25, 0.3) is 17.7 Å². The molecule has 562 valence electrons. The van der Waals surface area contributed by atoms with E-state index in [1.165, 1.54) is 5.56 Å². The topological polar surface area (TPSA) is 279 Å². The second-order valence-corrected chi connectivity index (χ2v) is 28.5. The molecule has 5 aliphatic rings. The predicted octanol–water partition coefficient (Wildman–Crippen LogP) is 13.6. The summed E-state index contributed by atoms with van der Waals surface area (Å²) in [6, 6.07) is 60.7. The maximum atomic E-state index is 13.2. The summed E-state index contributed by atoms with van der Waals surface area (Å²) < 4.78 is 29.0. The number of fused-ring (bicyclic) bond motifs is 5. The lowest BCUT2D eigenvalue weighted by Gasteiger charge is -2.33. The van der Waals surface area contributed by atoms with E-state index in [9.17, 15) is 24.0 Å². The van der Waals surface area contributed by atoms with Gasteiger partial charge in [-0.25, -0.2) is 4.79 Å². The van der Waals surface area contributed by atoms with E-state index in [0.717, 1.165) is 157 Å². The molecule has 1 unspecified atom stereocenters. The van der Waals surface area contributed by atoms with Crippen LogP contribution in [0.15, 0.2) is 193 Å². The highest BCUT2D eigenvalue weighted by Gasteiger charge is 2.35. The van der Waals surface area contributed by atoms with E-state index >= 15 is 0 Å². The third kappa shape index (κ3) is 19.2. The number of H-pyrrole nitrogens is 4. The Morgan fingerprint density at radius 2 is 0.881 bits per heavy atom. The molecule has 9 heterocycles. The smallest absolute Gasteiger partial charge is 0.341 e. The highest BCUT2D eigenvalue weighted by molar-refractivity contribution is 9.10. The van der Waals surface area contributed by atoms with Gasteiger partial charge in [-0.2, -0.15) is 20.4 Å². The molecule has 0 spiro atoms. The molecule has 0 fully saturated rings. The van der Waals surface area contributed by atoms with E-state index < -0.39 is 18.7 Å². The van der Waals surface area contributed by atoms with Gasteiger partial charge in [0.1, 0.15) is 29.6 Å². The number of halogens is 1. The second-order valence-electron chi connectivity index (χ2n) is 27.5. The van der Waals surface area contributed by atoms with Crippen LogP contribution in [0.3, 0.4) is 0 Å². The number of ether oxygens (including phenoxy) is 5. The first-order valence-electron chi connectivity index (χ1n) is 37.1. The van der Waals surface area contributed by atoms with Crippen LogP contribution in [0.4, 0.5) is 0 Å². The first-order chi connectivity index (χ1) is 53.2. The fourth-order valence-electron chi connectivity index (χ4n) is 13.8. The molecule has 0 bridgehead atoms. The Labute approximate surface area is 641 Å². The van der Waals surface area contributed by atoms with E-state index in [4.69, 9.17) is 28.8 Å². The molecule has 5 aliphatic heterocycles. The van der Waals surface area contributed by atoms with Gasteiger partial charge in [0, 0.05) is 162 Å². The number of unbranched alkanes of at least 4 members (excludes halogenated alkanes) is 1. The number of aryl methyl sites for hydroxylation is 1. The fourth-order valence-corrected chi connectivity index (χ4v) is 14.2. The highest BCUT2D eigenvalue weighted by Crippen LogP contribution is 2.36. The average Bonchev–Trinajstić information content (AvgIpc) is 1.65. The molecule has 11 aromatic rings. The molecule has 23 nitrogen and oxygen atoms in total. The summed E-state index contributed by atoms with van der Waals surface area (Å²) in [5.74, 6) is 1.78. The maximum absolute atomic E-state index is 13.2. The summed E-state index contributed by atoms with van der Waals surface area (Å²) in [5, 5.41) is 39.1. The van der Waals surface area contributed by atoms with Gasteiger partial charge < -0.3 is 48.4 Å². The van der Waals surface area contributed by atoms with Crippen LogP contribution >= 0.6 is 15.9 Å². The number of carboxylic acids is 1. The molecule has 0 radical (unpaired) electrons. The zero-order valence-corrected chi connectivity index (χ0v) is 63.0. The molecule has 4 amide bonds. The van der Waals surface area contributed by atoms with Crippen LogP contribution in [0, 0.1) is 0 Å². The second kappa shape index (κ2) is 36.3. The molecular weight excluding hydrogens is 1440 g/mol. The zero-order valence-electron chi connectivity index (χ0n) is 61.4. The van der Waals surface area contributed by atoms with Crippen molar-refractivity contribution in [1.29, 1.82) is 0 Å². The van der Waals surface area contributed by atoms with E-state index in [-0.39, 0.29) is 43.4 Å². The summed E-state index contributed by atoms with van der Waals surface area (Å²) in [6.07, 6.45) is 6.32. The molecule has 0 saturated carbocycles. The lowest BCUT2D eigenvalue weighted by atomic mass is 9.98. The van der Waals surface area contributed by atoms with Crippen molar-refractivity contribution in [2.75, 3.05) is 59.2 Å². The predicted molar refractivity (Wildman–Crippen MR) is 416 cm³/mol. The number of nitrogens with one attached hydrogen (secondary N) is 4. The van der Waals surface area contributed by atoms with Crippen molar-refractivity contribution >= 4 is 45.5 Å². The third-order valence-electron chi connectivity index (χ3n) is 19.8. The van der Waals surface area contributed by atoms with Crippen molar-refractivity contribution in [1.82, 2.24) is 60.4 Å². The molecule has 0 aliphatic carbocycles. The van der Waals surface area contributed by atoms with Crippen LogP contribution in [0.2, 0.25) is 0 Å². The number of hydrogen-bond donors (Lipinski definition) is 5. The minimum atomic E-state index is -1.06. The van der Waals surface area contributed by atoms with Crippen molar-refractivity contribution in [3.05, 3.63) is 249 Å². The Hall–Kier alpha value is -11.6. The lowest BCUT2D eigenvalue weighted by molar-refractivity contribution is -0.140. The third-order valence-corrected chi connectivity index (χ3v) is 20.3. The van der Waals surface area contributed by atoms with Gasteiger partial charge in [0.05, 0.1) is 22.8 Å². The average molecular weight is 1530 g/mol. The van der Waals surface area contributed by atoms with Gasteiger partial charge in [0.15, 0.2) is 25.9 Å². The van der Waals surface area contributed by atoms with Crippen LogP contribution in [0.25, 0.3) is 45.0 Å². The summed E-state index contributed by atoms with van der Waals surface area (Å²) in [6.45, 7) is 11.6. The number of carbonyl (C=O) groups is 5. The van der Waals surface area contributed by atoms with Crippen LogP contribution in [0.5, 0.6) is 23.0 Å². The number of aliphatic carboxylic acids is 1. The molecular formula is C85H89BrN12O11. The van der Waals surface area contributed by atoms with Crippen LogP contribution < -0.4 is 18.9 Å². The SMILES string of the molecule is CC(C)c1ccc(OCC(=O)N2CCc3[nH]nc(-c4ccccc4)c3C2)cc1.CCCCOCC(=O)N1CCc2[nH]nc(-c3ccccc3)c2C1.O=C(C1CCc2cc(Br)ccc2O1)N1CCc2[nH]nc(-c3ccccc3)c2C1.O=C(O)COc1cccc(OCC(=O)N2CCc3[nH]nc(-c4ccccc4)c3C2)c1. The number of rotatable bonds is 20. The Kier molecular flexibility index (Phi) is 25.2. The summed E-state index contributed by atoms with van der Waals surface area (Å²) >= 11 is 3.49. The lowest BCUT2D eigenvalue weighted by Crippen LogP contribution is -2.45. The number of benzene rings is 7. The number of nitrogens with zero attached hydrogens (tertiary/aromatic N) is 8. The summed E-state index contributed by atoms with van der Waals surface area (Å²) in [5.41, 5.74) is 19.2. The van der Waals surface area contributed by atoms with Gasteiger partial charge in [-0.3, -0.25) is 39.6 Å². The largest absolute Gasteiger partial charge is 0.484 e. The van der Waals surface area contributed by atoms with Crippen molar-refractivity contribution in [2.45, 2.75) is 110 Å². The van der Waals surface area contributed by atoms with Crippen molar-refractivity contribution in [2.24, 2.45) is 0 Å². The van der Waals surface area contributed by atoms with Crippen molar-refractivity contribution in [3.8, 4) is 68.0 Å². The van der Waals surface area contributed by atoms with Gasteiger partial charge in [-0.05, 0) is 78.8 Å². The first-order valence-corrected chi connectivity index (χ1v) is 37.9. The molecule has 24 heteroatoms. The minimum absolute atomic E-state index is 0.00111. The van der Waals surface area contributed by atoms with Gasteiger partial charge in [-0.1, -0.05) is 183 Å². The first kappa shape index (κ1) is 75.6. The normalized spacial score (nSPS) is 14.6. The standard InChI is InChI=1S/C23H25N3O2.C22H20BrN3O2.C22H21N3O5.C18H23N3O2/c1-16(2)17-8-10-19(11-9-17)28-15-22(27)26-13-12-21-20(14-26)23(25-24-21)18-6-4-3-5-7-18;23-16-7-9-19-15(12-16)6-8-20(28-19)22(27)26-11-10-18-17(13-26)21(25-24-18)14-4-2-1-3-5-14;26-20(13-29-16-7-4-8-17(11-16)30-14-21(27)28)25-10-9-19-18(12-25)22(24-23-19)15-5-2-1-3-6-15;1-2-3-11-23-13-17(22)21-10-9-16-15(12-21)18(20-19-16)14-7-5-4-6-8-14/h3-11,16H,12-15H2,1-2H3,(H,24,25);1-5,7,9,12,20H,6,8,10-11,13H2,(H,24,25);1-8,11H,9-10,12-14H2,(H,23,24)(H,27,28);4-8H,2-3,9-13H2,1H3,(H,19,20). The Morgan fingerprint density at radius 3 is 1.30 bits per heavy atom. The number of aromatic amines is 4. The quantitative estimate of drug-likeness (QED) is 0.0444. The highest BCUT2D eigenvalue weighted by atomic mass is 79.9.